The summed E-state index contributed by atoms with van der Waals surface area (Å²) in [5.74, 6) is -0.260. The number of nitrogens with zero attached hydrogens (tertiary/aromatic N) is 1. The smallest absolute Gasteiger partial charge is 0.317 e. The highest BCUT2D eigenvalue weighted by atomic mass is 32.2. The minimum Gasteiger partial charge on any atom is -0.493 e. The Hall–Kier alpha value is -3.66. The third-order valence-electron chi connectivity index (χ3n) is 5.44. The summed E-state index contributed by atoms with van der Waals surface area (Å²) in [5.41, 5.74) is -0.0263. The molecule has 0 spiro atoms. The molecule has 1 fully saturated rings. The van der Waals surface area contributed by atoms with Crippen molar-refractivity contribution < 1.29 is 36.8 Å². The van der Waals surface area contributed by atoms with Crippen molar-refractivity contribution in [2.24, 2.45) is 5.41 Å². The number of ketones is 1. The first-order valence-electron chi connectivity index (χ1n) is 10.0. The molecular formula is C23H21NO8S. The van der Waals surface area contributed by atoms with Gasteiger partial charge >= 0.3 is 16.1 Å². The highest BCUT2D eigenvalue weighted by molar-refractivity contribution is 7.86. The number of carboxylic acid groups (broad SMARTS) is 1. The van der Waals surface area contributed by atoms with Gasteiger partial charge in [-0.3, -0.25) is 14.6 Å². The number of hydrogen-bond acceptors (Lipinski definition) is 8. The van der Waals surface area contributed by atoms with Crippen molar-refractivity contribution in [1.29, 1.82) is 0 Å². The second-order valence-corrected chi connectivity index (χ2v) is 9.42. The van der Waals surface area contributed by atoms with Crippen LogP contribution < -0.4 is 13.7 Å². The van der Waals surface area contributed by atoms with Crippen LogP contribution >= 0.6 is 0 Å². The topological polar surface area (TPSA) is 129 Å². The second kappa shape index (κ2) is 8.36. The molecule has 0 bridgehead atoms. The summed E-state index contributed by atoms with van der Waals surface area (Å²) in [5, 5.41) is 9.77. The summed E-state index contributed by atoms with van der Waals surface area (Å²) in [6.45, 7) is 0. The van der Waals surface area contributed by atoms with Gasteiger partial charge < -0.3 is 18.8 Å². The molecule has 172 valence electrons. The fourth-order valence-electron chi connectivity index (χ4n) is 3.50. The van der Waals surface area contributed by atoms with Gasteiger partial charge in [-0.05, 0) is 42.7 Å². The lowest BCUT2D eigenvalue weighted by Crippen LogP contribution is -2.26. The number of pyridine rings is 1. The molecule has 0 saturated heterocycles. The van der Waals surface area contributed by atoms with E-state index >= 15 is 0 Å². The maximum Gasteiger partial charge on any atom is 0.317 e. The van der Waals surface area contributed by atoms with Gasteiger partial charge in [0.15, 0.2) is 17.3 Å². The standard InChI is InChI=1S/C23H21NO8S/c1-30-19-13-17-16(12-20(19)32-33(2,28)29)18(7-10-24-17)31-15-5-3-14(4-6-15)11-21(25)23(8-9-23)22(26)27/h3-7,10,12-13H,8-9,11H2,1-2H3,(H,26,27). The van der Waals surface area contributed by atoms with E-state index in [9.17, 15) is 23.1 Å². The lowest BCUT2D eigenvalue weighted by atomic mass is 9.95. The number of carbonyl (C=O) groups is 2. The van der Waals surface area contributed by atoms with E-state index in [2.05, 4.69) is 4.98 Å². The van der Waals surface area contributed by atoms with Crippen LogP contribution in [0.5, 0.6) is 23.0 Å². The molecule has 9 nitrogen and oxygen atoms in total. The van der Waals surface area contributed by atoms with E-state index < -0.39 is 21.5 Å². The van der Waals surface area contributed by atoms with Gasteiger partial charge in [0.2, 0.25) is 0 Å². The van der Waals surface area contributed by atoms with E-state index in [0.717, 1.165) is 6.26 Å². The van der Waals surface area contributed by atoms with Crippen LogP contribution in [-0.2, 0) is 26.1 Å². The van der Waals surface area contributed by atoms with E-state index in [1.54, 1.807) is 42.6 Å². The zero-order chi connectivity index (χ0) is 23.8. The number of hydrogen-bond donors (Lipinski definition) is 1. The summed E-state index contributed by atoms with van der Waals surface area (Å²) in [7, 11) is -2.39. The third-order valence-corrected chi connectivity index (χ3v) is 5.92. The highest BCUT2D eigenvalue weighted by Gasteiger charge is 2.56. The molecule has 0 radical (unpaired) electrons. The fraction of sp³-hybridized carbons (Fsp3) is 0.261. The number of benzene rings is 2. The number of methoxy groups -OCH3 is 1. The van der Waals surface area contributed by atoms with Crippen molar-refractivity contribution in [2.75, 3.05) is 13.4 Å². The first-order valence-corrected chi connectivity index (χ1v) is 11.8. The molecule has 0 atom stereocenters. The average molecular weight is 471 g/mol. The number of carbonyl (C=O) groups excluding carboxylic acids is 1. The average Bonchev–Trinajstić information content (AvgIpc) is 3.56. The largest absolute Gasteiger partial charge is 0.493 e. The molecule has 1 heterocycles. The van der Waals surface area contributed by atoms with Crippen molar-refractivity contribution in [3.63, 3.8) is 0 Å². The highest BCUT2D eigenvalue weighted by Crippen LogP contribution is 2.47. The zero-order valence-electron chi connectivity index (χ0n) is 17.9. The molecule has 1 aromatic heterocycles. The van der Waals surface area contributed by atoms with Crippen molar-refractivity contribution in [2.45, 2.75) is 19.3 Å². The number of carboxylic acids is 1. The molecule has 1 saturated carbocycles. The Morgan fingerprint density at radius 3 is 2.33 bits per heavy atom. The second-order valence-electron chi connectivity index (χ2n) is 7.85. The van der Waals surface area contributed by atoms with Gasteiger partial charge in [0.1, 0.15) is 16.9 Å². The first kappa shape index (κ1) is 22.5. The van der Waals surface area contributed by atoms with Gasteiger partial charge in [-0.15, -0.1) is 0 Å². The molecule has 10 heteroatoms. The molecule has 0 amide bonds. The van der Waals surface area contributed by atoms with Gasteiger partial charge in [-0.1, -0.05) is 12.1 Å². The monoisotopic (exact) mass is 471 g/mol. The van der Waals surface area contributed by atoms with Crippen molar-refractivity contribution >= 4 is 32.8 Å². The maximum absolute atomic E-state index is 12.4. The molecule has 33 heavy (non-hydrogen) atoms. The van der Waals surface area contributed by atoms with Gasteiger partial charge in [0.05, 0.1) is 18.9 Å². The SMILES string of the molecule is COc1cc2nccc(Oc3ccc(CC(=O)C4(C(=O)O)CC4)cc3)c2cc1OS(C)(=O)=O. The molecular weight excluding hydrogens is 450 g/mol. The normalized spacial score (nSPS) is 14.5. The fourth-order valence-corrected chi connectivity index (χ4v) is 3.96. The predicted octanol–water partition coefficient (Wildman–Crippen LogP) is 3.35. The van der Waals surface area contributed by atoms with Crippen LogP contribution in [0.3, 0.4) is 0 Å². The number of rotatable bonds is 9. The predicted molar refractivity (Wildman–Crippen MR) is 118 cm³/mol. The Bertz CT molecular complexity index is 1340. The molecule has 4 rings (SSSR count). The van der Waals surface area contributed by atoms with E-state index in [-0.39, 0.29) is 23.7 Å². The number of Topliss-reactive ketones (excluding diaryl/α,β-unsaturated/α-hetero) is 1. The lowest BCUT2D eigenvalue weighted by Gasteiger charge is -2.13. The first-order chi connectivity index (χ1) is 15.6. The van der Waals surface area contributed by atoms with E-state index in [0.29, 0.717) is 40.8 Å². The van der Waals surface area contributed by atoms with Gasteiger partial charge in [-0.2, -0.15) is 8.42 Å². The number of fused-ring (bicyclic) bond motifs is 1. The molecule has 1 aliphatic carbocycles. The van der Waals surface area contributed by atoms with Crippen LogP contribution in [0.1, 0.15) is 18.4 Å². The Kier molecular flexibility index (Phi) is 5.71. The minimum atomic E-state index is -3.78. The molecule has 0 unspecified atom stereocenters. The Morgan fingerprint density at radius 2 is 1.76 bits per heavy atom. The molecule has 3 aromatic rings. The van der Waals surface area contributed by atoms with E-state index in [1.807, 2.05) is 0 Å². The van der Waals surface area contributed by atoms with Crippen molar-refractivity contribution in [3.05, 3.63) is 54.2 Å². The number of aliphatic carboxylic acids is 1. The van der Waals surface area contributed by atoms with Crippen molar-refractivity contribution in [1.82, 2.24) is 4.98 Å². The van der Waals surface area contributed by atoms with Crippen LogP contribution in [0.2, 0.25) is 0 Å². The van der Waals surface area contributed by atoms with Crippen LogP contribution in [-0.4, -0.2) is 43.6 Å². The van der Waals surface area contributed by atoms with E-state index in [4.69, 9.17) is 13.7 Å². The summed E-state index contributed by atoms with van der Waals surface area (Å²) in [6, 6.07) is 11.4. The molecule has 0 aliphatic heterocycles. The quantitative estimate of drug-likeness (QED) is 0.369. The van der Waals surface area contributed by atoms with Gasteiger partial charge in [0.25, 0.3) is 0 Å². The Labute approximate surface area is 190 Å². The summed E-state index contributed by atoms with van der Waals surface area (Å²) >= 11 is 0. The molecule has 1 N–H and O–H groups in total. The maximum atomic E-state index is 12.4. The minimum absolute atomic E-state index is 0.00615. The van der Waals surface area contributed by atoms with E-state index in [1.165, 1.54) is 13.2 Å². The van der Waals surface area contributed by atoms with Crippen LogP contribution in [0.15, 0.2) is 48.7 Å². The van der Waals surface area contributed by atoms with Gasteiger partial charge in [0, 0.05) is 24.1 Å². The Morgan fingerprint density at radius 1 is 1.06 bits per heavy atom. The van der Waals surface area contributed by atoms with Crippen LogP contribution in [0.4, 0.5) is 0 Å². The number of ether oxygens (including phenoxy) is 2. The third kappa shape index (κ3) is 4.75. The summed E-state index contributed by atoms with van der Waals surface area (Å²) < 4.78 is 39.4. The molecule has 1 aliphatic rings. The van der Waals surface area contributed by atoms with Crippen LogP contribution in [0.25, 0.3) is 10.9 Å². The number of aromatic nitrogens is 1. The molecule has 2 aromatic carbocycles. The van der Waals surface area contributed by atoms with Crippen molar-refractivity contribution in [3.8, 4) is 23.0 Å². The summed E-state index contributed by atoms with van der Waals surface area (Å²) in [6.07, 6.45) is 3.28. The summed E-state index contributed by atoms with van der Waals surface area (Å²) in [4.78, 5) is 28.0. The van der Waals surface area contributed by atoms with Crippen LogP contribution in [0, 0.1) is 5.41 Å². The lowest BCUT2D eigenvalue weighted by molar-refractivity contribution is -0.148. The van der Waals surface area contributed by atoms with Gasteiger partial charge in [-0.25, -0.2) is 0 Å². The Balaban J connectivity index is 1.58. The zero-order valence-corrected chi connectivity index (χ0v) is 18.7.